The van der Waals surface area contributed by atoms with E-state index in [-0.39, 0.29) is 0 Å². The molecule has 88 valence electrons. The molecule has 0 saturated heterocycles. The molecule has 1 aliphatic carbocycles. The lowest BCUT2D eigenvalue weighted by molar-refractivity contribution is 0.380. The van der Waals surface area contributed by atoms with Gasteiger partial charge in [-0.05, 0) is 31.1 Å². The molecule has 1 heterocycles. The van der Waals surface area contributed by atoms with Crippen LogP contribution in [0.1, 0.15) is 32.3 Å². The molecule has 4 nitrogen and oxygen atoms in total. The van der Waals surface area contributed by atoms with Crippen molar-refractivity contribution in [1.82, 2.24) is 9.97 Å². The predicted octanol–water partition coefficient (Wildman–Crippen LogP) is 2.22. The molecular formula is C12H20N4. The third-order valence-corrected chi connectivity index (χ3v) is 3.85. The summed E-state index contributed by atoms with van der Waals surface area (Å²) in [5.41, 5.74) is 7.17. The van der Waals surface area contributed by atoms with Crippen LogP contribution in [0.15, 0.2) is 6.33 Å². The Bertz CT molecular complexity index is 383. The summed E-state index contributed by atoms with van der Waals surface area (Å²) in [5, 5.41) is 3.41. The lowest BCUT2D eigenvalue weighted by Gasteiger charge is -2.21. The summed E-state index contributed by atoms with van der Waals surface area (Å²) >= 11 is 0. The van der Waals surface area contributed by atoms with Gasteiger partial charge >= 0.3 is 0 Å². The molecule has 0 aliphatic heterocycles. The number of hydrogen-bond acceptors (Lipinski definition) is 4. The Labute approximate surface area is 96.7 Å². The Balaban J connectivity index is 2.03. The third-order valence-electron chi connectivity index (χ3n) is 3.85. The number of rotatable bonds is 4. The normalized spacial score (nSPS) is 17.5. The van der Waals surface area contributed by atoms with Gasteiger partial charge in [0.05, 0.1) is 0 Å². The van der Waals surface area contributed by atoms with Gasteiger partial charge in [-0.25, -0.2) is 9.97 Å². The quantitative estimate of drug-likeness (QED) is 0.816. The molecular weight excluding hydrogens is 200 g/mol. The minimum absolute atomic E-state index is 0.478. The summed E-state index contributed by atoms with van der Waals surface area (Å²) in [6.45, 7) is 7.51. The molecule has 16 heavy (non-hydrogen) atoms. The zero-order chi connectivity index (χ0) is 11.8. The summed E-state index contributed by atoms with van der Waals surface area (Å²) in [7, 11) is 0. The van der Waals surface area contributed by atoms with Gasteiger partial charge in [0.1, 0.15) is 18.0 Å². The number of hydrogen-bond donors (Lipinski definition) is 2. The standard InChI is InChI=1S/C12H20N4/c1-8(2)12(4-5-12)6-14-11-9(3)10(13)15-7-16-11/h7-8H,4-6H2,1-3H3,(H3,13,14,15,16). The van der Waals surface area contributed by atoms with Gasteiger partial charge in [-0.1, -0.05) is 13.8 Å². The highest BCUT2D eigenvalue weighted by Gasteiger charge is 2.45. The second-order valence-corrected chi connectivity index (χ2v) is 5.10. The van der Waals surface area contributed by atoms with Crippen LogP contribution in [-0.2, 0) is 0 Å². The van der Waals surface area contributed by atoms with Gasteiger partial charge in [0.25, 0.3) is 0 Å². The minimum atomic E-state index is 0.478. The van der Waals surface area contributed by atoms with Crippen LogP contribution in [0.25, 0.3) is 0 Å². The lowest BCUT2D eigenvalue weighted by Crippen LogP contribution is -2.22. The van der Waals surface area contributed by atoms with Crippen molar-refractivity contribution in [2.75, 3.05) is 17.6 Å². The molecule has 2 rings (SSSR count). The molecule has 4 heteroatoms. The number of nitrogens with zero attached hydrogens (tertiary/aromatic N) is 2. The van der Waals surface area contributed by atoms with Gasteiger partial charge < -0.3 is 11.1 Å². The van der Waals surface area contributed by atoms with Crippen LogP contribution in [0.4, 0.5) is 11.6 Å². The van der Waals surface area contributed by atoms with Gasteiger partial charge in [0.2, 0.25) is 0 Å². The Morgan fingerprint density at radius 3 is 2.69 bits per heavy atom. The van der Waals surface area contributed by atoms with E-state index in [1.165, 1.54) is 19.2 Å². The van der Waals surface area contributed by atoms with Crippen molar-refractivity contribution in [2.24, 2.45) is 11.3 Å². The molecule has 0 spiro atoms. The average Bonchev–Trinajstić information content (AvgIpc) is 3.01. The van der Waals surface area contributed by atoms with Crippen molar-refractivity contribution in [2.45, 2.75) is 33.6 Å². The molecule has 1 saturated carbocycles. The van der Waals surface area contributed by atoms with Gasteiger partial charge in [-0.15, -0.1) is 0 Å². The highest BCUT2D eigenvalue weighted by Crippen LogP contribution is 2.51. The monoisotopic (exact) mass is 220 g/mol. The fourth-order valence-corrected chi connectivity index (χ4v) is 2.02. The first-order valence-electron chi connectivity index (χ1n) is 5.86. The molecule has 0 radical (unpaired) electrons. The topological polar surface area (TPSA) is 63.8 Å². The van der Waals surface area contributed by atoms with Crippen LogP contribution in [0.5, 0.6) is 0 Å². The van der Waals surface area contributed by atoms with E-state index >= 15 is 0 Å². The average molecular weight is 220 g/mol. The first-order valence-corrected chi connectivity index (χ1v) is 5.86. The summed E-state index contributed by atoms with van der Waals surface area (Å²) in [6.07, 6.45) is 4.15. The number of nitrogens with one attached hydrogen (secondary N) is 1. The van der Waals surface area contributed by atoms with Gasteiger partial charge in [-0.3, -0.25) is 0 Å². The minimum Gasteiger partial charge on any atom is -0.383 e. The van der Waals surface area contributed by atoms with Crippen molar-refractivity contribution in [3.8, 4) is 0 Å². The van der Waals surface area contributed by atoms with Crippen LogP contribution < -0.4 is 11.1 Å². The summed E-state index contributed by atoms with van der Waals surface area (Å²) in [4.78, 5) is 8.19. The maximum absolute atomic E-state index is 5.74. The largest absolute Gasteiger partial charge is 0.383 e. The number of nitrogens with two attached hydrogens (primary N) is 1. The van der Waals surface area contributed by atoms with Crippen LogP contribution in [0, 0.1) is 18.3 Å². The SMILES string of the molecule is Cc1c(N)ncnc1NCC1(C(C)C)CC1. The van der Waals surface area contributed by atoms with E-state index in [2.05, 4.69) is 29.1 Å². The molecule has 0 atom stereocenters. The Hall–Kier alpha value is -1.32. The molecule has 0 aromatic carbocycles. The fourth-order valence-electron chi connectivity index (χ4n) is 2.02. The highest BCUT2D eigenvalue weighted by atomic mass is 15.0. The van der Waals surface area contributed by atoms with Crippen LogP contribution in [0.3, 0.4) is 0 Å². The zero-order valence-corrected chi connectivity index (χ0v) is 10.2. The number of nitrogen functional groups attached to an aromatic ring is 1. The Kier molecular flexibility index (Phi) is 2.74. The number of aromatic nitrogens is 2. The van der Waals surface area contributed by atoms with Gasteiger partial charge in [0.15, 0.2) is 0 Å². The van der Waals surface area contributed by atoms with Crippen molar-refractivity contribution >= 4 is 11.6 Å². The molecule has 1 aromatic heterocycles. The van der Waals surface area contributed by atoms with Gasteiger partial charge in [-0.2, -0.15) is 0 Å². The molecule has 0 unspecified atom stereocenters. The molecule has 1 aromatic rings. The maximum Gasteiger partial charge on any atom is 0.134 e. The summed E-state index contributed by atoms with van der Waals surface area (Å²) in [5.74, 6) is 2.16. The second-order valence-electron chi connectivity index (χ2n) is 5.10. The van der Waals surface area contributed by atoms with E-state index in [0.29, 0.717) is 11.2 Å². The highest BCUT2D eigenvalue weighted by molar-refractivity contribution is 5.53. The fraction of sp³-hybridized carbons (Fsp3) is 0.667. The van der Waals surface area contributed by atoms with Crippen molar-refractivity contribution < 1.29 is 0 Å². The van der Waals surface area contributed by atoms with E-state index in [1.807, 2.05) is 6.92 Å². The van der Waals surface area contributed by atoms with E-state index in [4.69, 9.17) is 5.73 Å². The summed E-state index contributed by atoms with van der Waals surface area (Å²) in [6, 6.07) is 0. The molecule has 1 fully saturated rings. The van der Waals surface area contributed by atoms with E-state index in [0.717, 1.165) is 23.8 Å². The molecule has 3 N–H and O–H groups in total. The first kappa shape index (κ1) is 11.2. The second kappa shape index (κ2) is 3.92. The third kappa shape index (κ3) is 1.96. The maximum atomic E-state index is 5.74. The summed E-state index contributed by atoms with van der Waals surface area (Å²) < 4.78 is 0. The Morgan fingerprint density at radius 2 is 2.12 bits per heavy atom. The van der Waals surface area contributed by atoms with Crippen LogP contribution >= 0.6 is 0 Å². The molecule has 0 amide bonds. The molecule has 0 bridgehead atoms. The van der Waals surface area contributed by atoms with E-state index < -0.39 is 0 Å². The lowest BCUT2D eigenvalue weighted by atomic mass is 9.92. The predicted molar refractivity (Wildman–Crippen MR) is 66.2 cm³/mol. The van der Waals surface area contributed by atoms with E-state index in [9.17, 15) is 0 Å². The number of anilines is 2. The molecule has 1 aliphatic rings. The van der Waals surface area contributed by atoms with Crippen molar-refractivity contribution in [1.29, 1.82) is 0 Å². The van der Waals surface area contributed by atoms with Crippen molar-refractivity contribution in [3.05, 3.63) is 11.9 Å². The van der Waals surface area contributed by atoms with Crippen LogP contribution in [-0.4, -0.2) is 16.5 Å². The van der Waals surface area contributed by atoms with Gasteiger partial charge in [0, 0.05) is 12.1 Å². The van der Waals surface area contributed by atoms with Crippen molar-refractivity contribution in [3.63, 3.8) is 0 Å². The van der Waals surface area contributed by atoms with Crippen LogP contribution in [0.2, 0.25) is 0 Å². The van der Waals surface area contributed by atoms with E-state index in [1.54, 1.807) is 0 Å². The zero-order valence-electron chi connectivity index (χ0n) is 10.2. The smallest absolute Gasteiger partial charge is 0.134 e. The Morgan fingerprint density at radius 1 is 1.44 bits per heavy atom. The first-order chi connectivity index (χ1) is 7.55.